The monoisotopic (exact) mass is 321 g/mol. The van der Waals surface area contributed by atoms with E-state index in [0.717, 1.165) is 18.2 Å². The highest BCUT2D eigenvalue weighted by Gasteiger charge is 2.29. The first-order valence-corrected chi connectivity index (χ1v) is 7.19. The zero-order chi connectivity index (χ0) is 16.4. The summed E-state index contributed by atoms with van der Waals surface area (Å²) in [5, 5.41) is 0. The molecule has 0 aliphatic carbocycles. The first-order chi connectivity index (χ1) is 11.0. The highest BCUT2D eigenvalue weighted by molar-refractivity contribution is 5.94. The molecule has 1 saturated heterocycles. The number of carbonyl (C=O) groups excluding carboxylic acids is 1. The van der Waals surface area contributed by atoms with Gasteiger partial charge in [-0.1, -0.05) is 6.07 Å². The van der Waals surface area contributed by atoms with E-state index in [2.05, 4.69) is 0 Å². The lowest BCUT2D eigenvalue weighted by Gasteiger charge is -2.17. The van der Waals surface area contributed by atoms with Crippen LogP contribution < -0.4 is 4.74 Å². The second-order valence-corrected chi connectivity index (χ2v) is 5.36. The molecule has 3 nitrogen and oxygen atoms in total. The van der Waals surface area contributed by atoms with Gasteiger partial charge in [0.05, 0.1) is 12.1 Å². The van der Waals surface area contributed by atoms with E-state index in [9.17, 15) is 18.0 Å². The van der Waals surface area contributed by atoms with Crippen molar-refractivity contribution in [3.8, 4) is 5.75 Å². The Morgan fingerprint density at radius 1 is 1.09 bits per heavy atom. The van der Waals surface area contributed by atoms with Gasteiger partial charge in [0.1, 0.15) is 29.3 Å². The normalized spacial score (nSPS) is 17.3. The average Bonchev–Trinajstić information content (AvgIpc) is 2.97. The third-order valence-electron chi connectivity index (χ3n) is 3.69. The summed E-state index contributed by atoms with van der Waals surface area (Å²) in [6.45, 7) is 0.611. The zero-order valence-electron chi connectivity index (χ0n) is 12.1. The molecule has 1 fully saturated rings. The Kier molecular flexibility index (Phi) is 4.23. The summed E-state index contributed by atoms with van der Waals surface area (Å²) < 4.78 is 45.6. The van der Waals surface area contributed by atoms with E-state index < -0.39 is 23.4 Å². The lowest BCUT2D eigenvalue weighted by molar-refractivity contribution is 0.0767. The van der Waals surface area contributed by atoms with Crippen LogP contribution in [-0.2, 0) is 0 Å². The van der Waals surface area contributed by atoms with Gasteiger partial charge >= 0.3 is 0 Å². The van der Waals surface area contributed by atoms with Crippen molar-refractivity contribution in [3.63, 3.8) is 0 Å². The van der Waals surface area contributed by atoms with E-state index in [0.29, 0.717) is 18.7 Å². The van der Waals surface area contributed by atoms with Crippen molar-refractivity contribution < 1.29 is 22.7 Å². The summed E-state index contributed by atoms with van der Waals surface area (Å²) in [5.74, 6) is -2.03. The van der Waals surface area contributed by atoms with Gasteiger partial charge in [0, 0.05) is 19.0 Å². The number of carbonyl (C=O) groups is 1. The number of benzene rings is 2. The van der Waals surface area contributed by atoms with Gasteiger partial charge in [0.15, 0.2) is 0 Å². The number of likely N-dealkylation sites (tertiary alicyclic amines) is 1. The molecule has 1 unspecified atom stereocenters. The van der Waals surface area contributed by atoms with E-state index in [-0.39, 0.29) is 18.2 Å². The number of rotatable bonds is 3. The summed E-state index contributed by atoms with van der Waals surface area (Å²) in [5.41, 5.74) is -0.295. The Morgan fingerprint density at radius 2 is 1.87 bits per heavy atom. The van der Waals surface area contributed by atoms with Crippen molar-refractivity contribution in [3.05, 3.63) is 65.5 Å². The largest absolute Gasteiger partial charge is 0.488 e. The number of halogens is 3. The van der Waals surface area contributed by atoms with Crippen LogP contribution in [0.5, 0.6) is 5.75 Å². The maximum absolute atomic E-state index is 13.7. The molecule has 2 aromatic carbocycles. The Balaban J connectivity index is 1.67. The molecule has 1 atom stereocenters. The van der Waals surface area contributed by atoms with Crippen molar-refractivity contribution in [1.82, 2.24) is 4.90 Å². The van der Waals surface area contributed by atoms with E-state index in [1.165, 1.54) is 23.1 Å². The first kappa shape index (κ1) is 15.4. The Bertz CT molecular complexity index is 736. The van der Waals surface area contributed by atoms with Crippen molar-refractivity contribution in [1.29, 1.82) is 0 Å². The summed E-state index contributed by atoms with van der Waals surface area (Å²) in [7, 11) is 0. The summed E-state index contributed by atoms with van der Waals surface area (Å²) in [4.78, 5) is 13.7. The molecule has 0 spiro atoms. The SMILES string of the molecule is O=C(c1cc(F)ccc1F)N1CCC(Oc2cccc(F)c2)C1. The van der Waals surface area contributed by atoms with Crippen LogP contribution in [0.3, 0.4) is 0 Å². The molecule has 3 rings (SSSR count). The van der Waals surface area contributed by atoms with Crippen LogP contribution in [0.4, 0.5) is 13.2 Å². The minimum Gasteiger partial charge on any atom is -0.488 e. The first-order valence-electron chi connectivity index (χ1n) is 7.19. The molecule has 1 amide bonds. The molecule has 120 valence electrons. The quantitative estimate of drug-likeness (QED) is 0.867. The molecule has 1 aliphatic heterocycles. The van der Waals surface area contributed by atoms with Crippen molar-refractivity contribution in [2.45, 2.75) is 12.5 Å². The highest BCUT2D eigenvalue weighted by Crippen LogP contribution is 2.21. The lowest BCUT2D eigenvalue weighted by atomic mass is 10.2. The Morgan fingerprint density at radius 3 is 2.65 bits per heavy atom. The van der Waals surface area contributed by atoms with Crippen molar-refractivity contribution >= 4 is 5.91 Å². The van der Waals surface area contributed by atoms with Crippen LogP contribution in [0.1, 0.15) is 16.8 Å². The third-order valence-corrected chi connectivity index (χ3v) is 3.69. The number of nitrogens with zero attached hydrogens (tertiary/aromatic N) is 1. The smallest absolute Gasteiger partial charge is 0.257 e. The maximum atomic E-state index is 13.7. The molecule has 23 heavy (non-hydrogen) atoms. The van der Waals surface area contributed by atoms with E-state index in [1.54, 1.807) is 6.07 Å². The predicted molar refractivity (Wildman–Crippen MR) is 77.7 cm³/mol. The van der Waals surface area contributed by atoms with Crippen molar-refractivity contribution in [2.24, 2.45) is 0 Å². The maximum Gasteiger partial charge on any atom is 0.257 e. The molecule has 1 aliphatic rings. The van der Waals surface area contributed by atoms with E-state index >= 15 is 0 Å². The molecule has 0 N–H and O–H groups in total. The second-order valence-electron chi connectivity index (χ2n) is 5.36. The van der Waals surface area contributed by atoms with E-state index in [1.807, 2.05) is 0 Å². The van der Waals surface area contributed by atoms with Gasteiger partial charge in [-0.25, -0.2) is 13.2 Å². The van der Waals surface area contributed by atoms with Gasteiger partial charge in [0.2, 0.25) is 0 Å². The van der Waals surface area contributed by atoms with Crippen molar-refractivity contribution in [2.75, 3.05) is 13.1 Å². The van der Waals surface area contributed by atoms with Crippen LogP contribution in [0.15, 0.2) is 42.5 Å². The van der Waals surface area contributed by atoms with Gasteiger partial charge < -0.3 is 9.64 Å². The Labute approximate surface area is 131 Å². The molecule has 0 saturated carbocycles. The van der Waals surface area contributed by atoms with Crippen LogP contribution in [0, 0.1) is 17.5 Å². The molecule has 0 radical (unpaired) electrons. The Hall–Kier alpha value is -2.50. The number of hydrogen-bond donors (Lipinski definition) is 0. The molecule has 2 aromatic rings. The number of ether oxygens (including phenoxy) is 1. The fourth-order valence-electron chi connectivity index (χ4n) is 2.57. The topological polar surface area (TPSA) is 29.5 Å². The van der Waals surface area contributed by atoms with Gasteiger partial charge in [-0.15, -0.1) is 0 Å². The average molecular weight is 321 g/mol. The molecule has 0 aromatic heterocycles. The standard InChI is InChI=1S/C17H14F3NO2/c18-11-2-1-3-13(8-11)23-14-6-7-21(10-14)17(22)15-9-12(19)4-5-16(15)20/h1-5,8-9,14H,6-7,10H2. The van der Waals surface area contributed by atoms with Gasteiger partial charge in [-0.05, 0) is 30.3 Å². The zero-order valence-corrected chi connectivity index (χ0v) is 12.1. The molecule has 6 heteroatoms. The lowest BCUT2D eigenvalue weighted by Crippen LogP contribution is -2.31. The fraction of sp³-hybridized carbons (Fsp3) is 0.235. The summed E-state index contributed by atoms with van der Waals surface area (Å²) in [6, 6.07) is 8.51. The number of hydrogen-bond acceptors (Lipinski definition) is 2. The van der Waals surface area contributed by atoms with Gasteiger partial charge in [-0.2, -0.15) is 0 Å². The predicted octanol–water partition coefficient (Wildman–Crippen LogP) is 3.40. The third kappa shape index (κ3) is 3.47. The summed E-state index contributed by atoms with van der Waals surface area (Å²) >= 11 is 0. The van der Waals surface area contributed by atoms with Crippen LogP contribution in [0.2, 0.25) is 0 Å². The van der Waals surface area contributed by atoms with E-state index in [4.69, 9.17) is 4.74 Å². The molecular formula is C17H14F3NO2. The highest BCUT2D eigenvalue weighted by atomic mass is 19.1. The van der Waals surface area contributed by atoms with Gasteiger partial charge in [0.25, 0.3) is 5.91 Å². The van der Waals surface area contributed by atoms with Crippen LogP contribution in [0.25, 0.3) is 0 Å². The van der Waals surface area contributed by atoms with Crippen LogP contribution >= 0.6 is 0 Å². The number of amides is 1. The van der Waals surface area contributed by atoms with Crippen LogP contribution in [-0.4, -0.2) is 30.0 Å². The molecule has 1 heterocycles. The second kappa shape index (κ2) is 6.32. The molecular weight excluding hydrogens is 307 g/mol. The van der Waals surface area contributed by atoms with Gasteiger partial charge in [-0.3, -0.25) is 4.79 Å². The fourth-order valence-corrected chi connectivity index (χ4v) is 2.57. The molecule has 0 bridgehead atoms. The summed E-state index contributed by atoms with van der Waals surface area (Å²) in [6.07, 6.45) is 0.233. The minimum absolute atomic E-state index is 0.241. The minimum atomic E-state index is -0.758.